The number of nitrogens with two attached hydrogens (primary N) is 1. The van der Waals surface area contributed by atoms with Crippen LogP contribution in [0, 0.1) is 0 Å². The van der Waals surface area contributed by atoms with Gasteiger partial charge in [0.05, 0.1) is 5.69 Å². The Morgan fingerprint density at radius 3 is 2.64 bits per heavy atom. The van der Waals surface area contributed by atoms with E-state index < -0.39 is 0 Å². The first kappa shape index (κ1) is 14.6. The molecule has 112 valence electrons. The summed E-state index contributed by atoms with van der Waals surface area (Å²) in [6.07, 6.45) is 0.914. The van der Waals surface area contributed by atoms with Crippen LogP contribution >= 0.6 is 11.3 Å². The number of benzene rings is 2. The lowest BCUT2D eigenvalue weighted by Crippen LogP contribution is -1.98. The topological polar surface area (TPSA) is 48.1 Å². The molecule has 0 aliphatic rings. The standard InChI is InChI=1S/C18H18N2OS/c1-2-14-10-15(16-12-22-18(19)20-16)8-9-17(14)21-11-13-6-4-3-5-7-13/h3-10,12H,2,11H2,1H3,(H2,19,20). The molecule has 1 heterocycles. The Kier molecular flexibility index (Phi) is 4.39. The Morgan fingerprint density at radius 1 is 1.14 bits per heavy atom. The van der Waals surface area contributed by atoms with Crippen molar-refractivity contribution in [2.75, 3.05) is 5.73 Å². The molecule has 3 nitrogen and oxygen atoms in total. The Labute approximate surface area is 134 Å². The number of aromatic nitrogens is 1. The molecule has 22 heavy (non-hydrogen) atoms. The van der Waals surface area contributed by atoms with Crippen LogP contribution in [0.15, 0.2) is 53.9 Å². The van der Waals surface area contributed by atoms with Gasteiger partial charge in [0.1, 0.15) is 12.4 Å². The first-order valence-corrected chi connectivity index (χ1v) is 8.15. The lowest BCUT2D eigenvalue weighted by atomic mass is 10.1. The molecule has 0 aliphatic carbocycles. The molecule has 2 N–H and O–H groups in total. The van der Waals surface area contributed by atoms with Crippen molar-refractivity contribution >= 4 is 16.5 Å². The third-order valence-electron chi connectivity index (χ3n) is 3.50. The van der Waals surface area contributed by atoms with E-state index in [9.17, 15) is 0 Å². The zero-order chi connectivity index (χ0) is 15.4. The van der Waals surface area contributed by atoms with Crippen molar-refractivity contribution in [3.8, 4) is 17.0 Å². The number of hydrogen-bond donors (Lipinski definition) is 1. The summed E-state index contributed by atoms with van der Waals surface area (Å²) in [6, 6.07) is 16.4. The van der Waals surface area contributed by atoms with Gasteiger partial charge in [-0.05, 0) is 35.7 Å². The molecule has 4 heteroatoms. The Morgan fingerprint density at radius 2 is 1.95 bits per heavy atom. The average molecular weight is 310 g/mol. The van der Waals surface area contributed by atoms with E-state index >= 15 is 0 Å². The normalized spacial score (nSPS) is 10.6. The summed E-state index contributed by atoms with van der Waals surface area (Å²) in [5.74, 6) is 0.929. The number of nitrogen functional groups attached to an aromatic ring is 1. The van der Waals surface area contributed by atoms with E-state index in [1.54, 1.807) is 0 Å². The van der Waals surface area contributed by atoms with Gasteiger partial charge in [0, 0.05) is 10.9 Å². The summed E-state index contributed by atoms with van der Waals surface area (Å²) >= 11 is 1.46. The van der Waals surface area contributed by atoms with Crippen LogP contribution in [-0.4, -0.2) is 4.98 Å². The number of ether oxygens (including phenoxy) is 1. The van der Waals surface area contributed by atoms with Gasteiger partial charge in [0.25, 0.3) is 0 Å². The van der Waals surface area contributed by atoms with Crippen LogP contribution in [0.25, 0.3) is 11.3 Å². The van der Waals surface area contributed by atoms with E-state index in [1.807, 2.05) is 35.7 Å². The van der Waals surface area contributed by atoms with Crippen LogP contribution in [0.2, 0.25) is 0 Å². The molecule has 0 saturated heterocycles. The number of aryl methyl sites for hydroxylation is 1. The van der Waals surface area contributed by atoms with Gasteiger partial charge in [-0.25, -0.2) is 4.98 Å². The molecule has 0 fully saturated rings. The van der Waals surface area contributed by atoms with Crippen LogP contribution in [0.4, 0.5) is 5.13 Å². The summed E-state index contributed by atoms with van der Waals surface area (Å²) in [6.45, 7) is 2.71. The smallest absolute Gasteiger partial charge is 0.180 e. The third-order valence-corrected chi connectivity index (χ3v) is 4.17. The Balaban J connectivity index is 1.80. The van der Waals surface area contributed by atoms with Crippen molar-refractivity contribution in [3.63, 3.8) is 0 Å². The molecule has 0 bridgehead atoms. The number of anilines is 1. The van der Waals surface area contributed by atoms with E-state index in [0.717, 1.165) is 23.4 Å². The zero-order valence-electron chi connectivity index (χ0n) is 12.5. The SMILES string of the molecule is CCc1cc(-c2csc(N)n2)ccc1OCc1ccccc1. The Hall–Kier alpha value is -2.33. The minimum atomic E-state index is 0.580. The summed E-state index contributed by atoms with van der Waals surface area (Å²) < 4.78 is 5.97. The van der Waals surface area contributed by atoms with E-state index in [0.29, 0.717) is 11.7 Å². The second-order valence-electron chi connectivity index (χ2n) is 5.02. The number of nitrogens with zero attached hydrogens (tertiary/aromatic N) is 1. The van der Waals surface area contributed by atoms with E-state index in [-0.39, 0.29) is 0 Å². The maximum absolute atomic E-state index is 5.97. The fourth-order valence-electron chi connectivity index (χ4n) is 2.31. The second kappa shape index (κ2) is 6.62. The highest BCUT2D eigenvalue weighted by Crippen LogP contribution is 2.29. The summed E-state index contributed by atoms with van der Waals surface area (Å²) in [5, 5.41) is 2.58. The maximum atomic E-state index is 5.97. The molecule has 0 saturated carbocycles. The van der Waals surface area contributed by atoms with Crippen molar-refractivity contribution in [1.29, 1.82) is 0 Å². The van der Waals surface area contributed by atoms with E-state index in [4.69, 9.17) is 10.5 Å². The van der Waals surface area contributed by atoms with E-state index in [2.05, 4.69) is 30.1 Å². The van der Waals surface area contributed by atoms with Gasteiger partial charge in [0.15, 0.2) is 5.13 Å². The molecule has 0 aliphatic heterocycles. The van der Waals surface area contributed by atoms with Gasteiger partial charge in [-0.1, -0.05) is 37.3 Å². The average Bonchev–Trinajstić information content (AvgIpc) is 3.00. The molecule has 0 atom stereocenters. The predicted molar refractivity (Wildman–Crippen MR) is 92.1 cm³/mol. The molecule has 0 unspecified atom stereocenters. The van der Waals surface area contributed by atoms with Crippen molar-refractivity contribution < 1.29 is 4.74 Å². The fourth-order valence-corrected chi connectivity index (χ4v) is 2.88. The highest BCUT2D eigenvalue weighted by atomic mass is 32.1. The van der Waals surface area contributed by atoms with Gasteiger partial charge in [0.2, 0.25) is 0 Å². The minimum Gasteiger partial charge on any atom is -0.489 e. The molecule has 0 spiro atoms. The van der Waals surface area contributed by atoms with Crippen molar-refractivity contribution in [1.82, 2.24) is 4.98 Å². The quantitative estimate of drug-likeness (QED) is 0.753. The largest absolute Gasteiger partial charge is 0.489 e. The van der Waals surface area contributed by atoms with Gasteiger partial charge >= 0.3 is 0 Å². The number of thiazole rings is 1. The van der Waals surface area contributed by atoms with Gasteiger partial charge in [-0.15, -0.1) is 11.3 Å². The molecule has 2 aromatic carbocycles. The van der Waals surface area contributed by atoms with Gasteiger partial charge in [-0.2, -0.15) is 0 Å². The molecule has 0 amide bonds. The summed E-state index contributed by atoms with van der Waals surface area (Å²) in [4.78, 5) is 4.34. The number of hydrogen-bond acceptors (Lipinski definition) is 4. The lowest BCUT2D eigenvalue weighted by Gasteiger charge is -2.12. The monoisotopic (exact) mass is 310 g/mol. The minimum absolute atomic E-state index is 0.580. The molecule has 1 aromatic heterocycles. The van der Waals surface area contributed by atoms with E-state index in [1.165, 1.54) is 22.5 Å². The van der Waals surface area contributed by atoms with Crippen LogP contribution in [0.3, 0.4) is 0 Å². The molecule has 3 rings (SSSR count). The van der Waals surface area contributed by atoms with Gasteiger partial charge < -0.3 is 10.5 Å². The van der Waals surface area contributed by atoms with Gasteiger partial charge in [-0.3, -0.25) is 0 Å². The predicted octanol–water partition coefficient (Wildman–Crippen LogP) is 4.53. The molecule has 0 radical (unpaired) electrons. The first-order valence-electron chi connectivity index (χ1n) is 7.27. The van der Waals surface area contributed by atoms with Crippen LogP contribution in [-0.2, 0) is 13.0 Å². The first-order chi connectivity index (χ1) is 10.8. The van der Waals surface area contributed by atoms with Crippen LogP contribution in [0.1, 0.15) is 18.1 Å². The van der Waals surface area contributed by atoms with Crippen LogP contribution in [0.5, 0.6) is 5.75 Å². The van der Waals surface area contributed by atoms with Crippen LogP contribution < -0.4 is 10.5 Å². The fraction of sp³-hybridized carbons (Fsp3) is 0.167. The summed E-state index contributed by atoms with van der Waals surface area (Å²) in [5.41, 5.74) is 10.1. The second-order valence-corrected chi connectivity index (χ2v) is 5.91. The number of rotatable bonds is 5. The molecular formula is C18H18N2OS. The van der Waals surface area contributed by atoms with Crippen molar-refractivity contribution in [2.45, 2.75) is 20.0 Å². The lowest BCUT2D eigenvalue weighted by molar-refractivity contribution is 0.303. The molecule has 3 aromatic rings. The maximum Gasteiger partial charge on any atom is 0.180 e. The summed E-state index contributed by atoms with van der Waals surface area (Å²) in [7, 11) is 0. The molecular weight excluding hydrogens is 292 g/mol. The highest BCUT2D eigenvalue weighted by molar-refractivity contribution is 7.13. The zero-order valence-corrected chi connectivity index (χ0v) is 13.3. The Bertz CT molecular complexity index is 753. The van der Waals surface area contributed by atoms with Crippen molar-refractivity contribution in [3.05, 3.63) is 65.0 Å². The third kappa shape index (κ3) is 3.28. The highest BCUT2D eigenvalue weighted by Gasteiger charge is 2.08. The van der Waals surface area contributed by atoms with Crippen molar-refractivity contribution in [2.24, 2.45) is 0 Å².